The molecule has 0 aliphatic rings. The Hall–Kier alpha value is -3.79. The molecule has 0 saturated carbocycles. The van der Waals surface area contributed by atoms with Crippen molar-refractivity contribution in [3.63, 3.8) is 0 Å². The summed E-state index contributed by atoms with van der Waals surface area (Å²) >= 11 is 6.27. The molecule has 0 saturated heterocycles. The van der Waals surface area contributed by atoms with Gasteiger partial charge >= 0.3 is 12.1 Å². The fourth-order valence-electron chi connectivity index (χ4n) is 2.67. The Labute approximate surface area is 189 Å². The predicted molar refractivity (Wildman–Crippen MR) is 121 cm³/mol. The van der Waals surface area contributed by atoms with Crippen LogP contribution in [0, 0.1) is 0 Å². The van der Waals surface area contributed by atoms with E-state index < -0.39 is 24.0 Å². The molecule has 0 radical (unpaired) electrons. The second-order valence-electron chi connectivity index (χ2n) is 7.05. The van der Waals surface area contributed by atoms with Crippen molar-refractivity contribution in [2.75, 3.05) is 5.32 Å². The van der Waals surface area contributed by atoms with E-state index in [2.05, 4.69) is 15.6 Å². The van der Waals surface area contributed by atoms with Gasteiger partial charge in [0.15, 0.2) is 5.96 Å². The first-order chi connectivity index (χ1) is 15.0. The number of nitrogens with one attached hydrogen (secondary N) is 2. The molecule has 2 rings (SSSR count). The fourth-order valence-corrected chi connectivity index (χ4v) is 2.92. The molecule has 0 fully saturated rings. The van der Waals surface area contributed by atoms with Crippen LogP contribution >= 0.6 is 11.6 Å². The smallest absolute Gasteiger partial charge is 0.408 e. The zero-order chi connectivity index (χ0) is 23.8. The Balaban J connectivity index is 2.11. The Bertz CT molecular complexity index is 1040. The summed E-state index contributed by atoms with van der Waals surface area (Å²) < 4.78 is 4.92. The van der Waals surface area contributed by atoms with Gasteiger partial charge in [-0.2, -0.15) is 0 Å². The Kier molecular flexibility index (Phi) is 8.42. The normalized spacial score (nSPS) is 11.4. The number of benzene rings is 2. The number of amides is 2. The number of anilines is 1. The third-order valence-electron chi connectivity index (χ3n) is 4.02. The third-order valence-corrected chi connectivity index (χ3v) is 4.33. The SMILES string of the molecule is CC(C)OC(=O)N[C@@H](Cc1ccc(NC(=O)c2cccc(N=C(N)N)c2)c(Cl)c1)C(=O)O. The third kappa shape index (κ3) is 7.47. The molecule has 0 aliphatic carbocycles. The number of hydrogen-bond donors (Lipinski definition) is 5. The molecular formula is C21H24ClN5O5. The average molecular weight is 462 g/mol. The average Bonchev–Trinajstić information content (AvgIpc) is 2.68. The van der Waals surface area contributed by atoms with Crippen molar-refractivity contribution in [1.29, 1.82) is 0 Å². The molecule has 0 spiro atoms. The molecule has 0 heterocycles. The van der Waals surface area contributed by atoms with E-state index in [0.29, 0.717) is 22.5 Å². The largest absolute Gasteiger partial charge is 0.480 e. The molecule has 2 amide bonds. The Morgan fingerprint density at radius 1 is 1.16 bits per heavy atom. The van der Waals surface area contributed by atoms with Crippen molar-refractivity contribution < 1.29 is 24.2 Å². The highest BCUT2D eigenvalue weighted by Gasteiger charge is 2.22. The predicted octanol–water partition coefficient (Wildman–Crippen LogP) is 2.63. The number of aliphatic imine (C=N–C) groups is 1. The van der Waals surface area contributed by atoms with Crippen molar-refractivity contribution in [1.82, 2.24) is 5.32 Å². The summed E-state index contributed by atoms with van der Waals surface area (Å²) in [6, 6.07) is 9.81. The zero-order valence-electron chi connectivity index (χ0n) is 17.5. The monoisotopic (exact) mass is 461 g/mol. The van der Waals surface area contributed by atoms with Gasteiger partial charge in [0.05, 0.1) is 22.5 Å². The van der Waals surface area contributed by atoms with E-state index in [-0.39, 0.29) is 23.5 Å². The number of carbonyl (C=O) groups is 3. The van der Waals surface area contributed by atoms with E-state index in [9.17, 15) is 19.5 Å². The van der Waals surface area contributed by atoms with Crippen LogP contribution in [0.3, 0.4) is 0 Å². The molecule has 2 aromatic rings. The first-order valence-electron chi connectivity index (χ1n) is 9.54. The lowest BCUT2D eigenvalue weighted by molar-refractivity contribution is -0.139. The van der Waals surface area contributed by atoms with Crippen LogP contribution < -0.4 is 22.1 Å². The zero-order valence-corrected chi connectivity index (χ0v) is 18.2. The van der Waals surface area contributed by atoms with E-state index in [1.807, 2.05) is 0 Å². The van der Waals surface area contributed by atoms with Crippen LogP contribution in [0.25, 0.3) is 0 Å². The summed E-state index contributed by atoms with van der Waals surface area (Å²) in [5.41, 5.74) is 12.3. The van der Waals surface area contributed by atoms with Crippen molar-refractivity contribution in [3.8, 4) is 0 Å². The highest BCUT2D eigenvalue weighted by atomic mass is 35.5. The molecule has 32 heavy (non-hydrogen) atoms. The maximum atomic E-state index is 12.5. The molecule has 1 atom stereocenters. The number of hydrogen-bond acceptors (Lipinski definition) is 5. The van der Waals surface area contributed by atoms with E-state index in [1.54, 1.807) is 44.2 Å². The van der Waals surface area contributed by atoms with Crippen molar-refractivity contribution >= 4 is 46.9 Å². The molecule has 0 aliphatic heterocycles. The molecule has 0 aromatic heterocycles. The molecule has 11 heteroatoms. The quantitative estimate of drug-likeness (QED) is 0.297. The van der Waals surface area contributed by atoms with Gasteiger partial charge in [0.2, 0.25) is 0 Å². The van der Waals surface area contributed by atoms with Crippen molar-refractivity contribution in [2.24, 2.45) is 16.5 Å². The van der Waals surface area contributed by atoms with Gasteiger partial charge in [-0.3, -0.25) is 4.79 Å². The van der Waals surface area contributed by atoms with Gasteiger partial charge in [0.1, 0.15) is 6.04 Å². The lowest BCUT2D eigenvalue weighted by Crippen LogP contribution is -2.43. The van der Waals surface area contributed by atoms with E-state index in [0.717, 1.165) is 0 Å². The first-order valence-corrected chi connectivity index (χ1v) is 9.92. The van der Waals surface area contributed by atoms with Gasteiger partial charge in [-0.05, 0) is 49.7 Å². The maximum Gasteiger partial charge on any atom is 0.408 e. The minimum Gasteiger partial charge on any atom is -0.480 e. The van der Waals surface area contributed by atoms with E-state index in [4.69, 9.17) is 27.8 Å². The summed E-state index contributed by atoms with van der Waals surface area (Å²) in [7, 11) is 0. The number of carbonyl (C=O) groups excluding carboxylic acids is 2. The summed E-state index contributed by atoms with van der Waals surface area (Å²) in [6.07, 6.45) is -1.25. The molecular weight excluding hydrogens is 438 g/mol. The number of alkyl carbamates (subject to hydrolysis) is 1. The summed E-state index contributed by atoms with van der Waals surface area (Å²) in [5.74, 6) is -1.79. The topological polar surface area (TPSA) is 169 Å². The van der Waals surface area contributed by atoms with Gasteiger partial charge in [-0.15, -0.1) is 0 Å². The molecule has 7 N–H and O–H groups in total. The number of carboxylic acid groups (broad SMARTS) is 1. The minimum absolute atomic E-state index is 0.0307. The van der Waals surface area contributed by atoms with Crippen LogP contribution in [0.15, 0.2) is 47.5 Å². The van der Waals surface area contributed by atoms with Crippen LogP contribution in [0.2, 0.25) is 5.02 Å². The van der Waals surface area contributed by atoms with E-state index >= 15 is 0 Å². The minimum atomic E-state index is -1.22. The van der Waals surface area contributed by atoms with Crippen LogP contribution in [0.1, 0.15) is 29.8 Å². The molecule has 10 nitrogen and oxygen atoms in total. The summed E-state index contributed by atoms with van der Waals surface area (Å²) in [6.45, 7) is 3.30. The number of halogens is 1. The first kappa shape index (κ1) is 24.5. The highest BCUT2D eigenvalue weighted by Crippen LogP contribution is 2.25. The van der Waals surface area contributed by atoms with Crippen LogP contribution in [0.4, 0.5) is 16.2 Å². The number of nitrogens with zero attached hydrogens (tertiary/aromatic N) is 1. The lowest BCUT2D eigenvalue weighted by atomic mass is 10.1. The van der Waals surface area contributed by atoms with Crippen LogP contribution in [-0.4, -0.2) is 41.2 Å². The Morgan fingerprint density at radius 3 is 2.47 bits per heavy atom. The molecule has 170 valence electrons. The second-order valence-corrected chi connectivity index (χ2v) is 7.46. The molecule has 0 unspecified atom stereocenters. The number of aliphatic carboxylic acids is 1. The Morgan fingerprint density at radius 2 is 1.88 bits per heavy atom. The number of carboxylic acids is 1. The highest BCUT2D eigenvalue weighted by molar-refractivity contribution is 6.34. The van der Waals surface area contributed by atoms with Gasteiger partial charge in [-0.25, -0.2) is 14.6 Å². The summed E-state index contributed by atoms with van der Waals surface area (Å²) in [4.78, 5) is 39.7. The van der Waals surface area contributed by atoms with Gasteiger partial charge in [0.25, 0.3) is 5.91 Å². The van der Waals surface area contributed by atoms with Gasteiger partial charge < -0.3 is 31.9 Å². The van der Waals surface area contributed by atoms with Crippen LogP contribution in [0.5, 0.6) is 0 Å². The van der Waals surface area contributed by atoms with Crippen molar-refractivity contribution in [3.05, 3.63) is 58.6 Å². The lowest BCUT2D eigenvalue weighted by Gasteiger charge is -2.16. The fraction of sp³-hybridized carbons (Fsp3) is 0.238. The maximum absolute atomic E-state index is 12.5. The number of guanidine groups is 1. The van der Waals surface area contributed by atoms with Gasteiger partial charge in [-0.1, -0.05) is 23.7 Å². The van der Waals surface area contributed by atoms with Gasteiger partial charge in [0, 0.05) is 12.0 Å². The number of ether oxygens (including phenoxy) is 1. The van der Waals surface area contributed by atoms with E-state index in [1.165, 1.54) is 12.1 Å². The standard InChI is InChI=1S/C21H24ClN5O5/c1-11(2)32-21(31)27-17(19(29)30)9-12-6-7-16(15(22)8-12)26-18(28)13-4-3-5-14(10-13)25-20(23)24/h3-8,10-11,17H,9H2,1-2H3,(H,26,28)(H,27,31)(H,29,30)(H4,23,24,25)/t17-/m0/s1. The van der Waals surface area contributed by atoms with Crippen molar-refractivity contribution in [2.45, 2.75) is 32.4 Å². The molecule has 2 aromatic carbocycles. The summed E-state index contributed by atoms with van der Waals surface area (Å²) in [5, 5.41) is 14.6. The molecule has 0 bridgehead atoms. The number of nitrogens with two attached hydrogens (primary N) is 2. The second kappa shape index (κ2) is 11.0. The van der Waals surface area contributed by atoms with Crippen LogP contribution in [-0.2, 0) is 16.0 Å². The number of rotatable bonds is 8.